The van der Waals surface area contributed by atoms with Gasteiger partial charge in [-0.2, -0.15) is 9.40 Å². The number of aromatic nitrogens is 3. The van der Waals surface area contributed by atoms with E-state index in [0.29, 0.717) is 48.2 Å². The molecule has 242 valence electrons. The van der Waals surface area contributed by atoms with Gasteiger partial charge in [-0.25, -0.2) is 22.0 Å². The van der Waals surface area contributed by atoms with Gasteiger partial charge in [0, 0.05) is 56.1 Å². The van der Waals surface area contributed by atoms with E-state index in [2.05, 4.69) is 20.8 Å². The Bertz CT molecular complexity index is 1940. The average Bonchev–Trinajstić information content (AvgIpc) is 3.63. The second-order valence-corrected chi connectivity index (χ2v) is 12.7. The average molecular weight is 657 g/mol. The van der Waals surface area contributed by atoms with Crippen molar-refractivity contribution < 1.29 is 36.7 Å². The summed E-state index contributed by atoms with van der Waals surface area (Å²) in [4.78, 5) is 39.6. The number of sulfonamides is 1. The van der Waals surface area contributed by atoms with Crippen molar-refractivity contribution in [1.29, 1.82) is 0 Å². The number of fused-ring (bicyclic) bond motifs is 1. The summed E-state index contributed by atoms with van der Waals surface area (Å²) in [5.41, 5.74) is 6.63. The fourth-order valence-corrected chi connectivity index (χ4v) is 6.53. The Morgan fingerprint density at radius 2 is 1.83 bits per heavy atom. The third-order valence-corrected chi connectivity index (χ3v) is 9.17. The van der Waals surface area contributed by atoms with E-state index in [-0.39, 0.29) is 47.8 Å². The van der Waals surface area contributed by atoms with Crippen molar-refractivity contribution in [3.8, 4) is 5.69 Å². The molecule has 46 heavy (non-hydrogen) atoms. The molecule has 1 aliphatic rings. The summed E-state index contributed by atoms with van der Waals surface area (Å²) in [6.07, 6.45) is 1.65. The molecule has 0 saturated carbocycles. The fourth-order valence-electron chi connectivity index (χ4n) is 5.08. The topological polar surface area (TPSA) is 196 Å². The summed E-state index contributed by atoms with van der Waals surface area (Å²) >= 11 is 0. The van der Waals surface area contributed by atoms with Gasteiger partial charge in [0.2, 0.25) is 15.9 Å². The summed E-state index contributed by atoms with van der Waals surface area (Å²) < 4.78 is 56.5. The summed E-state index contributed by atoms with van der Waals surface area (Å²) in [5, 5.41) is 22.4. The van der Waals surface area contributed by atoms with E-state index in [1.54, 1.807) is 0 Å². The number of carboxylic acid groups (broad SMARTS) is 1. The van der Waals surface area contributed by atoms with Crippen LogP contribution in [0.2, 0.25) is 0 Å². The van der Waals surface area contributed by atoms with E-state index in [1.807, 2.05) is 19.0 Å². The Labute approximate surface area is 261 Å². The van der Waals surface area contributed by atoms with E-state index in [4.69, 9.17) is 5.73 Å². The molecular weight excluding hydrogens is 626 g/mol. The molecular formula is C29H30F2N8O6S. The monoisotopic (exact) mass is 656 g/mol. The van der Waals surface area contributed by atoms with Crippen LogP contribution in [-0.4, -0.2) is 89.0 Å². The number of nitrogens with one attached hydrogen (secondary N) is 3. The number of nitrogens with two attached hydrogens (primary N) is 1. The van der Waals surface area contributed by atoms with Crippen LogP contribution >= 0.6 is 0 Å². The van der Waals surface area contributed by atoms with Gasteiger partial charge in [-0.3, -0.25) is 14.7 Å². The van der Waals surface area contributed by atoms with Crippen molar-refractivity contribution in [3.63, 3.8) is 0 Å². The molecule has 0 fully saturated rings. The number of anilines is 2. The van der Waals surface area contributed by atoms with E-state index >= 15 is 0 Å². The molecule has 0 atom stereocenters. The number of primary amides is 1. The van der Waals surface area contributed by atoms with Gasteiger partial charge < -0.3 is 30.9 Å². The highest BCUT2D eigenvalue weighted by atomic mass is 32.2. The number of carboxylic acids is 1. The number of aromatic amines is 1. The second-order valence-electron chi connectivity index (χ2n) is 10.8. The molecule has 2 aromatic carbocycles. The predicted octanol–water partition coefficient (Wildman–Crippen LogP) is 2.25. The number of hydrogen-bond donors (Lipinski definition) is 5. The minimum atomic E-state index is -4.33. The largest absolute Gasteiger partial charge is 0.477 e. The molecule has 14 nitrogen and oxygen atoms in total. The van der Waals surface area contributed by atoms with Crippen molar-refractivity contribution in [2.24, 2.45) is 5.73 Å². The molecule has 0 bridgehead atoms. The molecule has 3 heterocycles. The highest BCUT2D eigenvalue weighted by Gasteiger charge is 2.33. The Balaban J connectivity index is 1.50. The molecule has 0 spiro atoms. The predicted molar refractivity (Wildman–Crippen MR) is 162 cm³/mol. The first kappa shape index (κ1) is 32.3. The molecule has 0 aliphatic carbocycles. The first-order valence-electron chi connectivity index (χ1n) is 13.9. The van der Waals surface area contributed by atoms with Gasteiger partial charge in [-0.1, -0.05) is 0 Å². The van der Waals surface area contributed by atoms with Crippen LogP contribution in [-0.2, 0) is 23.0 Å². The molecule has 17 heteroatoms. The van der Waals surface area contributed by atoms with Crippen molar-refractivity contribution in [1.82, 2.24) is 24.0 Å². The van der Waals surface area contributed by atoms with Gasteiger partial charge in [0.05, 0.1) is 27.4 Å². The standard InChI is InChI=1S/C29H30F2N8O6S/c1-37(2)9-6-33-23-13-19(26(32)40)20(14-25(23)39-7-3-4-24(39)29(42)43)28(41)34-27-21-15-38(8-5-22(21)35-36-27)46(44,45)18-11-16(30)10-17(31)12-18/h3-4,7,10-14,33H,5-6,8-9,15H2,1-2H3,(H2,32,40)(H,42,43)(H2,34,35,36,41). The lowest BCUT2D eigenvalue weighted by Crippen LogP contribution is -2.36. The van der Waals surface area contributed by atoms with Crippen molar-refractivity contribution in [2.75, 3.05) is 44.4 Å². The minimum Gasteiger partial charge on any atom is -0.477 e. The molecule has 1 aliphatic heterocycles. The van der Waals surface area contributed by atoms with E-state index in [1.165, 1.54) is 35.0 Å². The van der Waals surface area contributed by atoms with E-state index < -0.39 is 44.3 Å². The minimum absolute atomic E-state index is 0.0245. The molecule has 0 saturated heterocycles. The molecule has 6 N–H and O–H groups in total. The highest BCUT2D eigenvalue weighted by molar-refractivity contribution is 7.89. The van der Waals surface area contributed by atoms with Crippen LogP contribution in [0.4, 0.5) is 20.3 Å². The molecule has 5 rings (SSSR count). The maximum Gasteiger partial charge on any atom is 0.352 e. The summed E-state index contributed by atoms with van der Waals surface area (Å²) in [5.74, 6) is -5.12. The number of benzene rings is 2. The molecule has 2 amide bonds. The smallest absolute Gasteiger partial charge is 0.352 e. The van der Waals surface area contributed by atoms with Crippen molar-refractivity contribution in [2.45, 2.75) is 17.9 Å². The summed E-state index contributed by atoms with van der Waals surface area (Å²) in [7, 11) is -0.597. The van der Waals surface area contributed by atoms with Crippen LogP contribution in [0.3, 0.4) is 0 Å². The van der Waals surface area contributed by atoms with E-state index in [9.17, 15) is 36.7 Å². The maximum atomic E-state index is 13.8. The first-order valence-corrected chi connectivity index (χ1v) is 15.3. The van der Waals surface area contributed by atoms with Gasteiger partial charge in [0.25, 0.3) is 5.91 Å². The SMILES string of the molecule is CN(C)CCNc1cc(C(N)=O)c(C(=O)Nc2n[nH]c3c2CN(S(=O)(=O)c2cc(F)cc(F)c2)CC3)cc1-n1cccc1C(=O)O. The lowest BCUT2D eigenvalue weighted by Gasteiger charge is -2.26. The number of nitrogens with zero attached hydrogens (tertiary/aromatic N) is 4. The third kappa shape index (κ3) is 6.46. The fraction of sp³-hybridized carbons (Fsp3) is 0.241. The number of aromatic carboxylic acids is 1. The lowest BCUT2D eigenvalue weighted by molar-refractivity contribution is 0.0687. The Morgan fingerprint density at radius 1 is 1.11 bits per heavy atom. The Kier molecular flexibility index (Phi) is 8.91. The molecule has 4 aromatic rings. The Hall–Kier alpha value is -5.13. The van der Waals surface area contributed by atoms with Crippen LogP contribution in [0.15, 0.2) is 53.6 Å². The van der Waals surface area contributed by atoms with Crippen LogP contribution < -0.4 is 16.4 Å². The number of H-pyrrole nitrogens is 1. The molecule has 0 radical (unpaired) electrons. The normalized spacial score (nSPS) is 13.4. The maximum absolute atomic E-state index is 13.8. The zero-order valence-corrected chi connectivity index (χ0v) is 25.5. The summed E-state index contributed by atoms with van der Waals surface area (Å²) in [6, 6.07) is 7.58. The van der Waals surface area contributed by atoms with Gasteiger partial charge >= 0.3 is 5.97 Å². The highest BCUT2D eigenvalue weighted by Crippen LogP contribution is 2.31. The molecule has 2 aromatic heterocycles. The van der Waals surface area contributed by atoms with Crippen LogP contribution in [0, 0.1) is 11.6 Å². The van der Waals surface area contributed by atoms with Crippen LogP contribution in [0.1, 0.15) is 42.5 Å². The second kappa shape index (κ2) is 12.7. The number of likely N-dealkylation sites (N-methyl/N-ethyl adjacent to an activating group) is 1. The van der Waals surface area contributed by atoms with Crippen molar-refractivity contribution >= 4 is 39.3 Å². The quantitative estimate of drug-likeness (QED) is 0.161. The lowest BCUT2D eigenvalue weighted by atomic mass is 10.0. The number of hydrogen-bond acceptors (Lipinski definition) is 8. The molecule has 0 unspecified atom stereocenters. The van der Waals surface area contributed by atoms with Crippen molar-refractivity contribution in [3.05, 3.63) is 88.4 Å². The number of amides is 2. The summed E-state index contributed by atoms with van der Waals surface area (Å²) in [6.45, 7) is 0.698. The van der Waals surface area contributed by atoms with E-state index in [0.717, 1.165) is 4.31 Å². The Morgan fingerprint density at radius 3 is 2.48 bits per heavy atom. The number of rotatable bonds is 11. The third-order valence-electron chi connectivity index (χ3n) is 7.35. The van der Waals surface area contributed by atoms with Gasteiger partial charge in [0.15, 0.2) is 5.82 Å². The zero-order chi connectivity index (χ0) is 33.3. The number of carbonyl (C=O) groups is 3. The van der Waals surface area contributed by atoms with Gasteiger partial charge in [-0.15, -0.1) is 0 Å². The van der Waals surface area contributed by atoms with Crippen LogP contribution in [0.25, 0.3) is 5.69 Å². The number of halogens is 2. The first-order chi connectivity index (χ1) is 21.8. The van der Waals surface area contributed by atoms with Crippen LogP contribution in [0.5, 0.6) is 0 Å². The van der Waals surface area contributed by atoms with Gasteiger partial charge in [0.1, 0.15) is 17.3 Å². The van der Waals surface area contributed by atoms with Gasteiger partial charge in [-0.05, 0) is 50.5 Å². The number of carbonyl (C=O) groups excluding carboxylic acids is 2. The zero-order valence-electron chi connectivity index (χ0n) is 24.7.